The van der Waals surface area contributed by atoms with Crippen molar-refractivity contribution in [2.24, 2.45) is 0 Å². The van der Waals surface area contributed by atoms with E-state index in [0.717, 1.165) is 19.5 Å². The number of fused-ring (bicyclic) bond motifs is 1. The molecule has 3 aromatic rings. The van der Waals surface area contributed by atoms with Crippen LogP contribution in [0, 0.1) is 0 Å². The van der Waals surface area contributed by atoms with Gasteiger partial charge in [-0.1, -0.05) is 72.8 Å². The van der Waals surface area contributed by atoms with Crippen LogP contribution in [0.1, 0.15) is 17.2 Å². The van der Waals surface area contributed by atoms with E-state index in [4.69, 9.17) is 5.11 Å². The second kappa shape index (κ2) is 9.33. The van der Waals surface area contributed by atoms with Gasteiger partial charge in [0.1, 0.15) is 0 Å². The lowest BCUT2D eigenvalue weighted by Crippen LogP contribution is -2.32. The molecule has 0 aliphatic heterocycles. The summed E-state index contributed by atoms with van der Waals surface area (Å²) in [4.78, 5) is 0. The standard InChI is InChI=1S/C22H26N2O/c25-16-15-23-13-14-24-22(17-18-7-2-1-3-8-18)21-12-6-10-19-9-4-5-11-20(19)21/h1-12,22-25H,13-17H2/t22-/m0/s1. The first-order valence-electron chi connectivity index (χ1n) is 8.95. The van der Waals surface area contributed by atoms with Gasteiger partial charge in [0.2, 0.25) is 0 Å². The lowest BCUT2D eigenvalue weighted by molar-refractivity contribution is 0.292. The Balaban J connectivity index is 1.81. The molecular weight excluding hydrogens is 308 g/mol. The van der Waals surface area contributed by atoms with Crippen molar-refractivity contribution in [1.29, 1.82) is 0 Å². The lowest BCUT2D eigenvalue weighted by Gasteiger charge is -2.21. The van der Waals surface area contributed by atoms with E-state index < -0.39 is 0 Å². The maximum Gasteiger partial charge on any atom is 0.0555 e. The van der Waals surface area contributed by atoms with Crippen LogP contribution >= 0.6 is 0 Å². The third-order valence-electron chi connectivity index (χ3n) is 4.46. The highest BCUT2D eigenvalue weighted by atomic mass is 16.3. The summed E-state index contributed by atoms with van der Waals surface area (Å²) in [6.45, 7) is 2.52. The van der Waals surface area contributed by atoms with Gasteiger partial charge in [-0.2, -0.15) is 0 Å². The zero-order chi connectivity index (χ0) is 17.3. The van der Waals surface area contributed by atoms with E-state index in [0.29, 0.717) is 6.54 Å². The molecule has 3 nitrogen and oxygen atoms in total. The highest BCUT2D eigenvalue weighted by molar-refractivity contribution is 5.86. The molecule has 0 saturated carbocycles. The summed E-state index contributed by atoms with van der Waals surface area (Å²) in [6, 6.07) is 26.0. The SMILES string of the molecule is OCCNCCN[C@@H](Cc1ccccc1)c1cccc2ccccc12. The molecular formula is C22H26N2O. The van der Waals surface area contributed by atoms with Crippen LogP contribution in [-0.4, -0.2) is 31.3 Å². The van der Waals surface area contributed by atoms with E-state index in [1.807, 2.05) is 0 Å². The van der Waals surface area contributed by atoms with Crippen molar-refractivity contribution in [2.75, 3.05) is 26.2 Å². The fraction of sp³-hybridized carbons (Fsp3) is 0.273. The molecule has 3 rings (SSSR count). The molecule has 0 amide bonds. The number of hydrogen-bond acceptors (Lipinski definition) is 3. The molecule has 0 aliphatic rings. The van der Waals surface area contributed by atoms with Crippen LogP contribution in [0.4, 0.5) is 0 Å². The molecule has 0 heterocycles. The second-order valence-electron chi connectivity index (χ2n) is 6.24. The second-order valence-corrected chi connectivity index (χ2v) is 6.24. The predicted molar refractivity (Wildman–Crippen MR) is 105 cm³/mol. The van der Waals surface area contributed by atoms with Gasteiger partial charge in [0.25, 0.3) is 0 Å². The summed E-state index contributed by atoms with van der Waals surface area (Å²) in [5.74, 6) is 0. The third-order valence-corrected chi connectivity index (χ3v) is 4.46. The smallest absolute Gasteiger partial charge is 0.0555 e. The van der Waals surface area contributed by atoms with Crippen molar-refractivity contribution >= 4 is 10.8 Å². The van der Waals surface area contributed by atoms with Crippen molar-refractivity contribution in [2.45, 2.75) is 12.5 Å². The quantitative estimate of drug-likeness (QED) is 0.526. The van der Waals surface area contributed by atoms with Gasteiger partial charge in [0, 0.05) is 25.7 Å². The lowest BCUT2D eigenvalue weighted by atomic mass is 9.94. The fourth-order valence-electron chi connectivity index (χ4n) is 3.24. The normalized spacial score (nSPS) is 12.4. The predicted octanol–water partition coefficient (Wildman–Crippen LogP) is 3.30. The maximum absolute atomic E-state index is 8.88. The number of aliphatic hydroxyl groups is 1. The Bertz CT molecular complexity index is 768. The molecule has 0 spiro atoms. The van der Waals surface area contributed by atoms with Crippen molar-refractivity contribution < 1.29 is 5.11 Å². The molecule has 0 bridgehead atoms. The first-order chi connectivity index (χ1) is 12.4. The summed E-state index contributed by atoms with van der Waals surface area (Å²) in [5, 5.41) is 18.4. The molecule has 25 heavy (non-hydrogen) atoms. The fourth-order valence-corrected chi connectivity index (χ4v) is 3.24. The molecule has 130 valence electrons. The van der Waals surface area contributed by atoms with E-state index in [2.05, 4.69) is 83.4 Å². The average Bonchev–Trinajstić information content (AvgIpc) is 2.67. The first-order valence-corrected chi connectivity index (χ1v) is 8.95. The zero-order valence-corrected chi connectivity index (χ0v) is 14.5. The monoisotopic (exact) mass is 334 g/mol. The zero-order valence-electron chi connectivity index (χ0n) is 14.5. The van der Waals surface area contributed by atoms with E-state index >= 15 is 0 Å². The van der Waals surface area contributed by atoms with Crippen LogP contribution in [0.2, 0.25) is 0 Å². The Morgan fingerprint density at radius 1 is 0.760 bits per heavy atom. The van der Waals surface area contributed by atoms with E-state index in [1.165, 1.54) is 21.9 Å². The Morgan fingerprint density at radius 3 is 2.36 bits per heavy atom. The highest BCUT2D eigenvalue weighted by Crippen LogP contribution is 2.26. The molecule has 0 fully saturated rings. The molecule has 3 N–H and O–H groups in total. The van der Waals surface area contributed by atoms with Gasteiger partial charge in [-0.3, -0.25) is 0 Å². The summed E-state index contributed by atoms with van der Waals surface area (Å²) in [5.41, 5.74) is 2.67. The maximum atomic E-state index is 8.88. The molecule has 0 saturated heterocycles. The molecule has 3 heteroatoms. The minimum atomic E-state index is 0.177. The van der Waals surface area contributed by atoms with Gasteiger partial charge in [-0.15, -0.1) is 0 Å². The summed E-state index contributed by atoms with van der Waals surface area (Å²) >= 11 is 0. The Kier molecular flexibility index (Phi) is 6.57. The third kappa shape index (κ3) is 4.89. The Labute approximate surface area is 149 Å². The molecule has 3 aromatic carbocycles. The van der Waals surface area contributed by atoms with Crippen LogP contribution in [0.3, 0.4) is 0 Å². The molecule has 0 aromatic heterocycles. The topological polar surface area (TPSA) is 44.3 Å². The van der Waals surface area contributed by atoms with E-state index in [-0.39, 0.29) is 12.6 Å². The van der Waals surface area contributed by atoms with Crippen LogP contribution in [-0.2, 0) is 6.42 Å². The number of aliphatic hydroxyl groups excluding tert-OH is 1. The van der Waals surface area contributed by atoms with E-state index in [1.54, 1.807) is 0 Å². The van der Waals surface area contributed by atoms with Gasteiger partial charge in [0.15, 0.2) is 0 Å². The Hall–Kier alpha value is -2.20. The average molecular weight is 334 g/mol. The van der Waals surface area contributed by atoms with E-state index in [9.17, 15) is 0 Å². The number of benzene rings is 3. The first kappa shape index (κ1) is 17.6. The molecule has 1 atom stereocenters. The molecule has 0 radical (unpaired) electrons. The van der Waals surface area contributed by atoms with Crippen molar-refractivity contribution in [3.8, 4) is 0 Å². The van der Waals surface area contributed by atoms with Crippen LogP contribution < -0.4 is 10.6 Å². The van der Waals surface area contributed by atoms with Crippen molar-refractivity contribution in [3.05, 3.63) is 83.9 Å². The number of hydrogen-bond donors (Lipinski definition) is 3. The van der Waals surface area contributed by atoms with Crippen LogP contribution in [0.15, 0.2) is 72.8 Å². The van der Waals surface area contributed by atoms with Gasteiger partial charge < -0.3 is 15.7 Å². The summed E-state index contributed by atoms with van der Waals surface area (Å²) < 4.78 is 0. The minimum Gasteiger partial charge on any atom is -0.395 e. The van der Waals surface area contributed by atoms with Gasteiger partial charge in [-0.05, 0) is 28.3 Å². The largest absolute Gasteiger partial charge is 0.395 e. The summed E-state index contributed by atoms with van der Waals surface area (Å²) in [6.07, 6.45) is 0.953. The highest BCUT2D eigenvalue weighted by Gasteiger charge is 2.14. The van der Waals surface area contributed by atoms with Gasteiger partial charge in [0.05, 0.1) is 6.61 Å². The number of rotatable bonds is 9. The molecule has 0 aliphatic carbocycles. The molecule has 0 unspecified atom stereocenters. The number of nitrogens with one attached hydrogen (secondary N) is 2. The summed E-state index contributed by atoms with van der Waals surface area (Å²) in [7, 11) is 0. The minimum absolute atomic E-state index is 0.177. The van der Waals surface area contributed by atoms with Gasteiger partial charge >= 0.3 is 0 Å². The van der Waals surface area contributed by atoms with Crippen molar-refractivity contribution in [1.82, 2.24) is 10.6 Å². The van der Waals surface area contributed by atoms with Crippen LogP contribution in [0.5, 0.6) is 0 Å². The van der Waals surface area contributed by atoms with Gasteiger partial charge in [-0.25, -0.2) is 0 Å². The Morgan fingerprint density at radius 2 is 1.52 bits per heavy atom. The van der Waals surface area contributed by atoms with Crippen molar-refractivity contribution in [3.63, 3.8) is 0 Å². The van der Waals surface area contributed by atoms with Crippen LogP contribution in [0.25, 0.3) is 10.8 Å².